The molecule has 1 N–H and O–H groups in total. The second-order valence-corrected chi connectivity index (χ2v) is 6.63. The van der Waals surface area contributed by atoms with Gasteiger partial charge in [0.15, 0.2) is 12.4 Å². The number of hydrogen-bond acceptors (Lipinski definition) is 3. The number of carbonyl (C=O) groups is 2. The number of ether oxygens (including phenoxy) is 1. The normalized spacial score (nSPS) is 10.4. The molecule has 0 fully saturated rings. The number of nitrogens with one attached hydrogen (secondary N) is 1. The standard InChI is InChI=1S/C18H18INO3/c1-12(2)18(22)20-15-7-3-13(4-8-15)17(21)11-23-16-9-5-14(19)6-10-16/h3-10,12H,11H2,1-2H3,(H,20,22). The molecule has 0 saturated heterocycles. The lowest BCUT2D eigenvalue weighted by molar-refractivity contribution is -0.118. The van der Waals surface area contributed by atoms with Gasteiger partial charge in [-0.2, -0.15) is 0 Å². The fraction of sp³-hybridized carbons (Fsp3) is 0.222. The summed E-state index contributed by atoms with van der Waals surface area (Å²) >= 11 is 2.21. The molecular weight excluding hydrogens is 405 g/mol. The Balaban J connectivity index is 1.92. The molecule has 1 amide bonds. The molecule has 0 spiro atoms. The highest BCUT2D eigenvalue weighted by Gasteiger charge is 2.09. The number of amides is 1. The molecule has 0 bridgehead atoms. The zero-order valence-corrected chi connectivity index (χ0v) is 15.2. The summed E-state index contributed by atoms with van der Waals surface area (Å²) in [6.45, 7) is 3.64. The van der Waals surface area contributed by atoms with Crippen LogP contribution in [0.25, 0.3) is 0 Å². The molecule has 0 aliphatic heterocycles. The molecule has 120 valence electrons. The second-order valence-electron chi connectivity index (χ2n) is 5.39. The van der Waals surface area contributed by atoms with Crippen LogP contribution in [-0.2, 0) is 4.79 Å². The minimum Gasteiger partial charge on any atom is -0.485 e. The third-order valence-electron chi connectivity index (χ3n) is 3.18. The van der Waals surface area contributed by atoms with Gasteiger partial charge in [-0.25, -0.2) is 0 Å². The van der Waals surface area contributed by atoms with Crippen molar-refractivity contribution in [1.82, 2.24) is 0 Å². The van der Waals surface area contributed by atoms with Crippen LogP contribution in [0.5, 0.6) is 5.75 Å². The Kier molecular flexibility index (Phi) is 6.15. The predicted molar refractivity (Wildman–Crippen MR) is 98.9 cm³/mol. The quantitative estimate of drug-likeness (QED) is 0.561. The van der Waals surface area contributed by atoms with Crippen LogP contribution in [0.4, 0.5) is 5.69 Å². The van der Waals surface area contributed by atoms with Crippen molar-refractivity contribution in [2.45, 2.75) is 13.8 Å². The lowest BCUT2D eigenvalue weighted by Crippen LogP contribution is -2.18. The molecular formula is C18H18INO3. The summed E-state index contributed by atoms with van der Waals surface area (Å²) < 4.78 is 6.59. The van der Waals surface area contributed by atoms with Gasteiger partial charge in [0.2, 0.25) is 5.91 Å². The molecule has 0 saturated carbocycles. The molecule has 2 rings (SSSR count). The number of halogens is 1. The van der Waals surface area contributed by atoms with Gasteiger partial charge in [0.25, 0.3) is 0 Å². The zero-order valence-electron chi connectivity index (χ0n) is 13.0. The molecule has 0 atom stereocenters. The van der Waals surface area contributed by atoms with E-state index in [1.165, 1.54) is 0 Å². The van der Waals surface area contributed by atoms with Crippen LogP contribution in [0.3, 0.4) is 0 Å². The third-order valence-corrected chi connectivity index (χ3v) is 3.90. The van der Waals surface area contributed by atoms with Crippen LogP contribution < -0.4 is 10.1 Å². The number of Topliss-reactive ketones (excluding diaryl/α,β-unsaturated/α-hetero) is 1. The molecule has 0 radical (unpaired) electrons. The first-order chi connectivity index (χ1) is 11.0. The van der Waals surface area contributed by atoms with E-state index in [1.54, 1.807) is 24.3 Å². The van der Waals surface area contributed by atoms with Crippen LogP contribution >= 0.6 is 22.6 Å². The van der Waals surface area contributed by atoms with E-state index in [1.807, 2.05) is 38.1 Å². The van der Waals surface area contributed by atoms with Gasteiger partial charge in [-0.05, 0) is 71.1 Å². The average Bonchev–Trinajstić information content (AvgIpc) is 2.54. The van der Waals surface area contributed by atoms with Crippen molar-refractivity contribution < 1.29 is 14.3 Å². The van der Waals surface area contributed by atoms with Gasteiger partial charge in [-0.3, -0.25) is 9.59 Å². The fourth-order valence-electron chi connectivity index (χ4n) is 1.79. The van der Waals surface area contributed by atoms with E-state index in [0.29, 0.717) is 17.0 Å². The van der Waals surface area contributed by atoms with Crippen LogP contribution in [-0.4, -0.2) is 18.3 Å². The van der Waals surface area contributed by atoms with E-state index in [4.69, 9.17) is 4.74 Å². The molecule has 5 heteroatoms. The molecule has 0 unspecified atom stereocenters. The Bertz CT molecular complexity index is 678. The SMILES string of the molecule is CC(C)C(=O)Nc1ccc(C(=O)COc2ccc(I)cc2)cc1. The first-order valence-electron chi connectivity index (χ1n) is 7.28. The maximum absolute atomic E-state index is 12.1. The van der Waals surface area contributed by atoms with E-state index < -0.39 is 0 Å². The maximum Gasteiger partial charge on any atom is 0.226 e. The molecule has 2 aromatic rings. The molecule has 0 aliphatic carbocycles. The van der Waals surface area contributed by atoms with Crippen molar-refractivity contribution in [1.29, 1.82) is 0 Å². The Morgan fingerprint density at radius 1 is 1.04 bits per heavy atom. The summed E-state index contributed by atoms with van der Waals surface area (Å²) in [4.78, 5) is 23.7. The van der Waals surface area contributed by atoms with E-state index in [9.17, 15) is 9.59 Å². The van der Waals surface area contributed by atoms with Crippen molar-refractivity contribution in [3.8, 4) is 5.75 Å². The zero-order chi connectivity index (χ0) is 16.8. The van der Waals surface area contributed by atoms with E-state index in [0.717, 1.165) is 3.57 Å². The van der Waals surface area contributed by atoms with Crippen molar-refractivity contribution in [3.63, 3.8) is 0 Å². The highest BCUT2D eigenvalue weighted by molar-refractivity contribution is 14.1. The number of hydrogen-bond donors (Lipinski definition) is 1. The topological polar surface area (TPSA) is 55.4 Å². The van der Waals surface area contributed by atoms with Crippen molar-refractivity contribution in [2.24, 2.45) is 5.92 Å². The largest absolute Gasteiger partial charge is 0.485 e. The van der Waals surface area contributed by atoms with Crippen LogP contribution in [0.1, 0.15) is 24.2 Å². The highest BCUT2D eigenvalue weighted by Crippen LogP contribution is 2.15. The van der Waals surface area contributed by atoms with Gasteiger partial charge in [0.1, 0.15) is 5.75 Å². The van der Waals surface area contributed by atoms with E-state index in [-0.39, 0.29) is 24.2 Å². The number of rotatable bonds is 6. The number of ketones is 1. The Morgan fingerprint density at radius 3 is 2.22 bits per heavy atom. The number of anilines is 1. The Hall–Kier alpha value is -1.89. The molecule has 4 nitrogen and oxygen atoms in total. The summed E-state index contributed by atoms with van der Waals surface area (Å²) in [6, 6.07) is 14.3. The van der Waals surface area contributed by atoms with Crippen LogP contribution in [0.2, 0.25) is 0 Å². The van der Waals surface area contributed by atoms with Gasteiger partial charge in [-0.1, -0.05) is 13.8 Å². The number of carbonyl (C=O) groups excluding carboxylic acids is 2. The minimum absolute atomic E-state index is 0.0156. The molecule has 23 heavy (non-hydrogen) atoms. The highest BCUT2D eigenvalue weighted by atomic mass is 127. The molecule has 0 aromatic heterocycles. The summed E-state index contributed by atoms with van der Waals surface area (Å²) in [5.74, 6) is 0.426. The number of benzene rings is 2. The van der Waals surface area contributed by atoms with Crippen LogP contribution in [0, 0.1) is 9.49 Å². The van der Waals surface area contributed by atoms with Gasteiger partial charge < -0.3 is 10.1 Å². The van der Waals surface area contributed by atoms with E-state index >= 15 is 0 Å². The van der Waals surface area contributed by atoms with Crippen molar-refractivity contribution >= 4 is 40.0 Å². The van der Waals surface area contributed by atoms with Crippen LogP contribution in [0.15, 0.2) is 48.5 Å². The molecule has 0 heterocycles. The third kappa shape index (κ3) is 5.35. The fourth-order valence-corrected chi connectivity index (χ4v) is 2.15. The summed E-state index contributed by atoms with van der Waals surface area (Å²) in [6.07, 6.45) is 0. The smallest absolute Gasteiger partial charge is 0.226 e. The lowest BCUT2D eigenvalue weighted by atomic mass is 10.1. The van der Waals surface area contributed by atoms with Crippen molar-refractivity contribution in [3.05, 3.63) is 57.7 Å². The Morgan fingerprint density at radius 2 is 1.65 bits per heavy atom. The summed E-state index contributed by atoms with van der Waals surface area (Å²) in [5, 5.41) is 2.79. The second kappa shape index (κ2) is 8.10. The lowest BCUT2D eigenvalue weighted by Gasteiger charge is -2.09. The van der Waals surface area contributed by atoms with Gasteiger partial charge in [0.05, 0.1) is 0 Å². The van der Waals surface area contributed by atoms with Crippen molar-refractivity contribution in [2.75, 3.05) is 11.9 Å². The maximum atomic E-state index is 12.1. The average molecular weight is 423 g/mol. The first kappa shape index (κ1) is 17.5. The summed E-state index contributed by atoms with van der Waals surface area (Å²) in [7, 11) is 0. The van der Waals surface area contributed by atoms with Gasteiger partial charge in [0, 0.05) is 20.7 Å². The monoisotopic (exact) mass is 423 g/mol. The summed E-state index contributed by atoms with van der Waals surface area (Å²) in [5.41, 5.74) is 1.23. The van der Waals surface area contributed by atoms with Gasteiger partial charge in [-0.15, -0.1) is 0 Å². The Labute approximate surface area is 149 Å². The van der Waals surface area contributed by atoms with E-state index in [2.05, 4.69) is 27.9 Å². The molecule has 0 aliphatic rings. The minimum atomic E-state index is -0.106. The first-order valence-corrected chi connectivity index (χ1v) is 8.36. The van der Waals surface area contributed by atoms with Gasteiger partial charge >= 0.3 is 0 Å². The predicted octanol–water partition coefficient (Wildman–Crippen LogP) is 4.15. The molecule has 2 aromatic carbocycles.